The van der Waals surface area contributed by atoms with Crippen molar-refractivity contribution in [2.24, 2.45) is 23.5 Å². The minimum absolute atomic E-state index is 0.258. The van der Waals surface area contributed by atoms with Crippen molar-refractivity contribution in [1.82, 2.24) is 0 Å². The molecule has 2 N–H and O–H groups in total. The number of benzene rings is 1. The Labute approximate surface area is 114 Å². The topological polar surface area (TPSA) is 43.1 Å². The number of carbonyl (C=O) groups is 1. The number of nitrogens with two attached hydrogens (primary N) is 1. The van der Waals surface area contributed by atoms with Crippen LogP contribution >= 0.6 is 0 Å². The molecule has 0 saturated heterocycles. The maximum Gasteiger partial charge on any atom is 0.248 e. The lowest BCUT2D eigenvalue weighted by Gasteiger charge is -2.57. The predicted molar refractivity (Wildman–Crippen MR) is 74.8 cm³/mol. The largest absolute Gasteiger partial charge is 0.366 e. The zero-order valence-corrected chi connectivity index (χ0v) is 11.3. The second kappa shape index (κ2) is 3.84. The van der Waals surface area contributed by atoms with Crippen molar-refractivity contribution < 1.29 is 4.79 Å². The molecular weight excluding hydrogens is 234 g/mol. The molecule has 0 aliphatic heterocycles. The Hall–Kier alpha value is -1.31. The fourth-order valence-corrected chi connectivity index (χ4v) is 5.60. The van der Waals surface area contributed by atoms with Crippen LogP contribution in [-0.4, -0.2) is 5.91 Å². The van der Waals surface area contributed by atoms with E-state index in [0.717, 1.165) is 23.3 Å². The third-order valence-electron chi connectivity index (χ3n) is 5.80. The Morgan fingerprint density at radius 1 is 1.00 bits per heavy atom. The van der Waals surface area contributed by atoms with Gasteiger partial charge in [0.05, 0.1) is 0 Å². The van der Waals surface area contributed by atoms with Crippen molar-refractivity contribution >= 4 is 5.91 Å². The molecule has 0 heterocycles. The molecule has 1 aromatic carbocycles. The molecule has 4 aliphatic rings. The minimum Gasteiger partial charge on any atom is -0.366 e. The van der Waals surface area contributed by atoms with Crippen LogP contribution in [0, 0.1) is 17.8 Å². The number of rotatable bonds is 2. The first-order chi connectivity index (χ1) is 9.16. The molecule has 4 bridgehead atoms. The van der Waals surface area contributed by atoms with Crippen molar-refractivity contribution in [2.75, 3.05) is 0 Å². The average molecular weight is 255 g/mol. The van der Waals surface area contributed by atoms with Gasteiger partial charge >= 0.3 is 0 Å². The van der Waals surface area contributed by atoms with Gasteiger partial charge in [0.15, 0.2) is 0 Å². The number of primary amides is 1. The maximum absolute atomic E-state index is 11.7. The fourth-order valence-electron chi connectivity index (χ4n) is 5.60. The Bertz CT molecular complexity index is 499. The summed E-state index contributed by atoms with van der Waals surface area (Å²) in [5.41, 5.74) is 7.88. The third kappa shape index (κ3) is 1.65. The third-order valence-corrected chi connectivity index (χ3v) is 5.80. The summed E-state index contributed by atoms with van der Waals surface area (Å²) in [6.07, 6.45) is 8.13. The first-order valence-electron chi connectivity index (χ1n) is 7.56. The molecule has 5 rings (SSSR count). The van der Waals surface area contributed by atoms with Crippen LogP contribution in [0.4, 0.5) is 0 Å². The van der Waals surface area contributed by atoms with Gasteiger partial charge in [0.2, 0.25) is 5.91 Å². The van der Waals surface area contributed by atoms with Crippen LogP contribution in [0.25, 0.3) is 0 Å². The highest BCUT2D eigenvalue weighted by Crippen LogP contribution is 2.61. The van der Waals surface area contributed by atoms with Crippen LogP contribution < -0.4 is 5.73 Å². The highest BCUT2D eigenvalue weighted by molar-refractivity contribution is 5.94. The Morgan fingerprint density at radius 3 is 2.05 bits per heavy atom. The van der Waals surface area contributed by atoms with Gasteiger partial charge < -0.3 is 5.73 Å². The molecule has 4 aliphatic carbocycles. The second-order valence-electron chi connectivity index (χ2n) is 7.11. The van der Waals surface area contributed by atoms with E-state index in [1.807, 2.05) is 12.1 Å². The maximum atomic E-state index is 11.7. The molecule has 0 spiro atoms. The monoisotopic (exact) mass is 255 g/mol. The number of hydrogen-bond donors (Lipinski definition) is 1. The van der Waals surface area contributed by atoms with E-state index in [2.05, 4.69) is 12.1 Å². The molecule has 2 nitrogen and oxygen atoms in total. The molecule has 4 saturated carbocycles. The van der Waals surface area contributed by atoms with E-state index in [4.69, 9.17) is 5.73 Å². The molecule has 0 aromatic heterocycles. The smallest absolute Gasteiger partial charge is 0.248 e. The average Bonchev–Trinajstić information content (AvgIpc) is 2.37. The molecule has 19 heavy (non-hydrogen) atoms. The molecule has 0 radical (unpaired) electrons. The van der Waals surface area contributed by atoms with Crippen LogP contribution in [0.3, 0.4) is 0 Å². The van der Waals surface area contributed by atoms with Crippen LogP contribution in [0.1, 0.15) is 54.4 Å². The Morgan fingerprint density at radius 2 is 1.53 bits per heavy atom. The zero-order valence-electron chi connectivity index (χ0n) is 11.3. The molecular formula is C17H21NO. The summed E-state index contributed by atoms with van der Waals surface area (Å²) in [6, 6.07) is 8.08. The second-order valence-corrected chi connectivity index (χ2v) is 7.11. The van der Waals surface area contributed by atoms with Crippen molar-refractivity contribution in [3.8, 4) is 0 Å². The van der Waals surface area contributed by atoms with Gasteiger partial charge in [-0.1, -0.05) is 18.2 Å². The zero-order chi connectivity index (χ0) is 13.0. The van der Waals surface area contributed by atoms with Crippen molar-refractivity contribution in [2.45, 2.75) is 43.9 Å². The Balaban J connectivity index is 1.82. The first kappa shape index (κ1) is 11.5. The quantitative estimate of drug-likeness (QED) is 0.866. The number of hydrogen-bond acceptors (Lipinski definition) is 1. The highest BCUT2D eigenvalue weighted by Gasteiger charge is 2.52. The minimum atomic E-state index is -0.258. The van der Waals surface area contributed by atoms with Gasteiger partial charge in [0.25, 0.3) is 0 Å². The number of amides is 1. The summed E-state index contributed by atoms with van der Waals surface area (Å²) in [6.45, 7) is 0. The van der Waals surface area contributed by atoms with Gasteiger partial charge in [0, 0.05) is 5.56 Å². The van der Waals surface area contributed by atoms with E-state index in [0.29, 0.717) is 0 Å². The fraction of sp³-hybridized carbons (Fsp3) is 0.588. The van der Waals surface area contributed by atoms with Gasteiger partial charge in [-0.05, 0) is 73.3 Å². The van der Waals surface area contributed by atoms with Crippen molar-refractivity contribution in [3.05, 3.63) is 35.4 Å². The first-order valence-corrected chi connectivity index (χ1v) is 7.56. The molecule has 2 heteroatoms. The predicted octanol–water partition coefficient (Wildman–Crippen LogP) is 3.25. The van der Waals surface area contributed by atoms with E-state index in [-0.39, 0.29) is 11.3 Å². The molecule has 100 valence electrons. The summed E-state index contributed by atoms with van der Waals surface area (Å²) in [7, 11) is 0. The Kier molecular flexibility index (Phi) is 2.33. The lowest BCUT2D eigenvalue weighted by Crippen LogP contribution is -2.49. The van der Waals surface area contributed by atoms with E-state index >= 15 is 0 Å². The summed E-state index contributed by atoms with van der Waals surface area (Å²) in [5, 5.41) is 0. The van der Waals surface area contributed by atoms with E-state index in [9.17, 15) is 4.79 Å². The molecule has 0 unspecified atom stereocenters. The molecule has 1 aromatic rings. The van der Waals surface area contributed by atoms with E-state index < -0.39 is 0 Å². The van der Waals surface area contributed by atoms with E-state index in [1.165, 1.54) is 44.1 Å². The highest BCUT2D eigenvalue weighted by atomic mass is 16.1. The lowest BCUT2D eigenvalue weighted by atomic mass is 9.47. The SMILES string of the molecule is NC(=O)c1ccccc1C12CC3CC(CC(C3)C1)C2. The normalized spacial score (nSPS) is 39.5. The van der Waals surface area contributed by atoms with E-state index in [1.54, 1.807) is 0 Å². The van der Waals surface area contributed by atoms with Crippen LogP contribution in [-0.2, 0) is 5.41 Å². The molecule has 0 atom stereocenters. The van der Waals surface area contributed by atoms with Gasteiger partial charge in [-0.2, -0.15) is 0 Å². The number of carbonyl (C=O) groups excluding carboxylic acids is 1. The van der Waals surface area contributed by atoms with Gasteiger partial charge in [-0.15, -0.1) is 0 Å². The van der Waals surface area contributed by atoms with Gasteiger partial charge in [-0.3, -0.25) is 4.79 Å². The van der Waals surface area contributed by atoms with Gasteiger partial charge in [0.1, 0.15) is 0 Å². The molecule has 4 fully saturated rings. The summed E-state index contributed by atoms with van der Waals surface area (Å²) >= 11 is 0. The van der Waals surface area contributed by atoms with Gasteiger partial charge in [-0.25, -0.2) is 0 Å². The van der Waals surface area contributed by atoms with Crippen LogP contribution in [0.2, 0.25) is 0 Å². The summed E-state index contributed by atoms with van der Waals surface area (Å²) in [4.78, 5) is 11.7. The van der Waals surface area contributed by atoms with Crippen molar-refractivity contribution in [3.63, 3.8) is 0 Å². The summed E-state index contributed by atoms with van der Waals surface area (Å²) < 4.78 is 0. The van der Waals surface area contributed by atoms with Crippen molar-refractivity contribution in [1.29, 1.82) is 0 Å². The summed E-state index contributed by atoms with van der Waals surface area (Å²) in [5.74, 6) is 2.43. The standard InChI is InChI=1S/C17H21NO/c18-16(19)14-3-1-2-4-15(14)17-8-11-5-12(9-17)7-13(6-11)10-17/h1-4,11-13H,5-10H2,(H2,18,19). The lowest BCUT2D eigenvalue weighted by molar-refractivity contribution is -0.00552. The van der Waals surface area contributed by atoms with Crippen LogP contribution in [0.5, 0.6) is 0 Å². The van der Waals surface area contributed by atoms with Crippen LogP contribution in [0.15, 0.2) is 24.3 Å². The molecule has 1 amide bonds.